The van der Waals surface area contributed by atoms with Crippen molar-refractivity contribution in [2.45, 2.75) is 20.3 Å². The molecule has 3 rings (SSSR count). The molecule has 0 saturated carbocycles. The van der Waals surface area contributed by atoms with E-state index in [0.29, 0.717) is 11.4 Å². The average Bonchev–Trinajstić information content (AvgIpc) is 3.14. The fourth-order valence-electron chi connectivity index (χ4n) is 2.91. The fraction of sp³-hybridized carbons (Fsp3) is 0.238. The van der Waals surface area contributed by atoms with E-state index in [2.05, 4.69) is 17.4 Å². The summed E-state index contributed by atoms with van der Waals surface area (Å²) in [5.41, 5.74) is 3.87. The number of para-hydroxylation sites is 1. The summed E-state index contributed by atoms with van der Waals surface area (Å²) in [5, 5.41) is 6.55. The highest BCUT2D eigenvalue weighted by Crippen LogP contribution is 2.24. The van der Waals surface area contributed by atoms with Crippen molar-refractivity contribution < 1.29 is 17.7 Å². The number of nitrogens with zero attached hydrogens (tertiary/aromatic N) is 2. The molecule has 0 radical (unpaired) electrons. The molecule has 0 bridgehead atoms. The number of aromatic nitrogens is 1. The number of anilines is 2. The van der Waals surface area contributed by atoms with Crippen molar-refractivity contribution in [3.63, 3.8) is 0 Å². The lowest BCUT2D eigenvalue weighted by molar-refractivity contribution is -0.114. The van der Waals surface area contributed by atoms with E-state index in [9.17, 15) is 13.2 Å². The molecular formula is C21H23N3O4S. The van der Waals surface area contributed by atoms with Crippen molar-refractivity contribution in [3.8, 4) is 11.3 Å². The average molecular weight is 413 g/mol. The highest BCUT2D eigenvalue weighted by Gasteiger charge is 2.23. The second-order valence-corrected chi connectivity index (χ2v) is 8.64. The van der Waals surface area contributed by atoms with Gasteiger partial charge in [-0.05, 0) is 30.5 Å². The normalized spacial score (nSPS) is 11.3. The van der Waals surface area contributed by atoms with Crippen LogP contribution in [0, 0.1) is 6.92 Å². The molecule has 7 nitrogen and oxygen atoms in total. The number of rotatable bonds is 7. The molecule has 29 heavy (non-hydrogen) atoms. The van der Waals surface area contributed by atoms with Gasteiger partial charge in [-0.3, -0.25) is 14.4 Å². The van der Waals surface area contributed by atoms with Crippen LogP contribution in [-0.4, -0.2) is 32.3 Å². The highest BCUT2D eigenvalue weighted by molar-refractivity contribution is 7.92. The first kappa shape index (κ1) is 20.6. The molecule has 1 heterocycles. The highest BCUT2D eigenvalue weighted by atomic mass is 32.2. The standard InChI is InChI=1S/C21H23N3O4S/c1-4-16-9-11-17(12-10-16)18-13-21(28-23-18)22-20(25)14-24(29(3,26)27)19-8-6-5-7-15(19)2/h5-13H,4,14H2,1-3H3,(H,22,25). The van der Waals surface area contributed by atoms with Gasteiger partial charge in [0, 0.05) is 11.6 Å². The summed E-state index contributed by atoms with van der Waals surface area (Å²) in [6.45, 7) is 3.50. The molecule has 0 saturated heterocycles. The zero-order valence-electron chi connectivity index (χ0n) is 16.5. The lowest BCUT2D eigenvalue weighted by Crippen LogP contribution is -2.37. The Bertz CT molecular complexity index is 1100. The maximum Gasteiger partial charge on any atom is 0.247 e. The minimum absolute atomic E-state index is 0.155. The monoisotopic (exact) mass is 413 g/mol. The number of amides is 1. The largest absolute Gasteiger partial charge is 0.338 e. The molecule has 0 spiro atoms. The van der Waals surface area contributed by atoms with Gasteiger partial charge in [0.2, 0.25) is 21.8 Å². The van der Waals surface area contributed by atoms with Crippen molar-refractivity contribution in [2.24, 2.45) is 0 Å². The fourth-order valence-corrected chi connectivity index (χ4v) is 3.83. The zero-order chi connectivity index (χ0) is 21.0. The maximum atomic E-state index is 12.5. The third-order valence-electron chi connectivity index (χ3n) is 4.50. The van der Waals surface area contributed by atoms with Crippen LogP contribution in [0.1, 0.15) is 18.1 Å². The summed E-state index contributed by atoms with van der Waals surface area (Å²) < 4.78 is 30.7. The van der Waals surface area contributed by atoms with E-state index < -0.39 is 15.9 Å². The summed E-state index contributed by atoms with van der Waals surface area (Å²) >= 11 is 0. The van der Waals surface area contributed by atoms with Crippen LogP contribution in [0.3, 0.4) is 0 Å². The van der Waals surface area contributed by atoms with E-state index in [-0.39, 0.29) is 12.4 Å². The van der Waals surface area contributed by atoms with Crippen LogP contribution in [0.15, 0.2) is 59.1 Å². The van der Waals surface area contributed by atoms with Gasteiger partial charge < -0.3 is 4.52 Å². The van der Waals surface area contributed by atoms with Crippen LogP contribution in [-0.2, 0) is 21.2 Å². The molecule has 0 aliphatic heterocycles. The molecule has 1 aromatic heterocycles. The maximum absolute atomic E-state index is 12.5. The van der Waals surface area contributed by atoms with E-state index in [1.165, 1.54) is 5.56 Å². The summed E-state index contributed by atoms with van der Waals surface area (Å²) in [6, 6.07) is 16.5. The minimum Gasteiger partial charge on any atom is -0.338 e. The van der Waals surface area contributed by atoms with Crippen molar-refractivity contribution in [2.75, 3.05) is 22.4 Å². The Kier molecular flexibility index (Phi) is 6.03. The van der Waals surface area contributed by atoms with E-state index >= 15 is 0 Å². The minimum atomic E-state index is -3.65. The van der Waals surface area contributed by atoms with Crippen molar-refractivity contribution in [3.05, 3.63) is 65.7 Å². The first-order valence-electron chi connectivity index (χ1n) is 9.17. The third kappa shape index (κ3) is 5.03. The number of carbonyl (C=O) groups excluding carboxylic acids is 1. The van der Waals surface area contributed by atoms with Crippen LogP contribution in [0.4, 0.5) is 11.6 Å². The molecule has 8 heteroatoms. The molecule has 0 atom stereocenters. The topological polar surface area (TPSA) is 92.5 Å². The van der Waals surface area contributed by atoms with Crippen molar-refractivity contribution >= 4 is 27.5 Å². The molecule has 0 aliphatic carbocycles. The summed E-state index contributed by atoms with van der Waals surface area (Å²) in [7, 11) is -3.65. The van der Waals surface area contributed by atoms with Gasteiger partial charge >= 0.3 is 0 Å². The first-order chi connectivity index (χ1) is 13.8. The molecule has 2 aromatic carbocycles. The lowest BCUT2D eigenvalue weighted by Gasteiger charge is -2.23. The summed E-state index contributed by atoms with van der Waals surface area (Å²) in [6.07, 6.45) is 2.01. The van der Waals surface area contributed by atoms with Crippen molar-refractivity contribution in [1.29, 1.82) is 0 Å². The van der Waals surface area contributed by atoms with Crippen LogP contribution in [0.2, 0.25) is 0 Å². The van der Waals surface area contributed by atoms with Gasteiger partial charge in [-0.25, -0.2) is 8.42 Å². The van der Waals surface area contributed by atoms with Gasteiger partial charge in [-0.2, -0.15) is 0 Å². The Morgan fingerprint density at radius 1 is 1.14 bits per heavy atom. The Hall–Kier alpha value is -3.13. The van der Waals surface area contributed by atoms with E-state index in [1.807, 2.05) is 30.3 Å². The molecule has 152 valence electrons. The lowest BCUT2D eigenvalue weighted by atomic mass is 10.1. The predicted molar refractivity (Wildman–Crippen MR) is 113 cm³/mol. The van der Waals surface area contributed by atoms with Crippen LogP contribution in [0.5, 0.6) is 0 Å². The zero-order valence-corrected chi connectivity index (χ0v) is 17.4. The number of nitrogens with one attached hydrogen (secondary N) is 1. The van der Waals surface area contributed by atoms with Gasteiger partial charge in [0.25, 0.3) is 0 Å². The molecule has 1 N–H and O–H groups in total. The predicted octanol–water partition coefficient (Wildman–Crippen LogP) is 3.62. The summed E-state index contributed by atoms with van der Waals surface area (Å²) in [5.74, 6) is -0.370. The second kappa shape index (κ2) is 8.48. The molecule has 0 fully saturated rings. The molecule has 1 amide bonds. The van der Waals surface area contributed by atoms with Crippen LogP contribution < -0.4 is 9.62 Å². The Balaban J connectivity index is 1.74. The number of hydrogen-bond acceptors (Lipinski definition) is 5. The Morgan fingerprint density at radius 2 is 1.83 bits per heavy atom. The van der Waals surface area contributed by atoms with Crippen LogP contribution in [0.25, 0.3) is 11.3 Å². The smallest absolute Gasteiger partial charge is 0.247 e. The number of benzene rings is 2. The molecular weight excluding hydrogens is 390 g/mol. The van der Waals surface area contributed by atoms with Gasteiger partial charge in [-0.15, -0.1) is 0 Å². The number of hydrogen-bond donors (Lipinski definition) is 1. The quantitative estimate of drug-likeness (QED) is 0.639. The SMILES string of the molecule is CCc1ccc(-c2cc(NC(=O)CN(c3ccccc3C)S(C)(=O)=O)on2)cc1. The van der Waals surface area contributed by atoms with Gasteiger partial charge in [0.05, 0.1) is 11.9 Å². The second-order valence-electron chi connectivity index (χ2n) is 6.73. The number of aryl methyl sites for hydroxylation is 2. The Labute approximate surface area is 170 Å². The van der Waals surface area contributed by atoms with E-state index in [0.717, 1.165) is 28.1 Å². The number of sulfonamides is 1. The van der Waals surface area contributed by atoms with E-state index in [4.69, 9.17) is 4.52 Å². The van der Waals surface area contributed by atoms with Gasteiger partial charge in [-0.1, -0.05) is 54.5 Å². The molecule has 0 aliphatic rings. The first-order valence-corrected chi connectivity index (χ1v) is 11.0. The van der Waals surface area contributed by atoms with Crippen LogP contribution >= 0.6 is 0 Å². The van der Waals surface area contributed by atoms with Gasteiger partial charge in [0.15, 0.2) is 0 Å². The van der Waals surface area contributed by atoms with Gasteiger partial charge in [0.1, 0.15) is 12.2 Å². The van der Waals surface area contributed by atoms with E-state index in [1.54, 1.807) is 31.2 Å². The Morgan fingerprint density at radius 3 is 2.45 bits per heavy atom. The number of carbonyl (C=O) groups is 1. The van der Waals surface area contributed by atoms with Crippen molar-refractivity contribution in [1.82, 2.24) is 5.16 Å². The molecule has 3 aromatic rings. The third-order valence-corrected chi connectivity index (χ3v) is 5.63. The summed E-state index contributed by atoms with van der Waals surface area (Å²) in [4.78, 5) is 12.5. The molecule has 0 unspecified atom stereocenters.